The van der Waals surface area contributed by atoms with Crippen molar-refractivity contribution in [2.75, 3.05) is 13.2 Å². The van der Waals surface area contributed by atoms with Crippen molar-refractivity contribution < 1.29 is 24.2 Å². The molecule has 7 heteroatoms. The maximum Gasteiger partial charge on any atom is 0.407 e. The predicted molar refractivity (Wildman–Crippen MR) is 131 cm³/mol. The Hall–Kier alpha value is -3.35. The molecule has 2 N–H and O–H groups in total. The van der Waals surface area contributed by atoms with E-state index in [0.717, 1.165) is 11.1 Å². The number of aliphatic carboxylic acids is 1. The van der Waals surface area contributed by atoms with Crippen molar-refractivity contribution in [3.8, 4) is 11.1 Å². The second-order valence-corrected chi connectivity index (χ2v) is 9.09. The van der Waals surface area contributed by atoms with Crippen LogP contribution in [0.15, 0.2) is 48.5 Å². The van der Waals surface area contributed by atoms with Crippen molar-refractivity contribution >= 4 is 18.0 Å². The monoisotopic (exact) mass is 466 g/mol. The molecule has 1 unspecified atom stereocenters. The lowest BCUT2D eigenvalue weighted by molar-refractivity contribution is -0.138. The van der Waals surface area contributed by atoms with E-state index < -0.39 is 12.1 Å². The summed E-state index contributed by atoms with van der Waals surface area (Å²) in [7, 11) is 0. The summed E-state index contributed by atoms with van der Waals surface area (Å²) in [5.41, 5.74) is 4.67. The Morgan fingerprint density at radius 3 is 2.12 bits per heavy atom. The van der Waals surface area contributed by atoms with Crippen LogP contribution in [0.5, 0.6) is 0 Å². The number of hydrogen-bond donors (Lipinski definition) is 2. The Bertz CT molecular complexity index is 974. The van der Waals surface area contributed by atoms with Gasteiger partial charge in [-0.15, -0.1) is 0 Å². The first kappa shape index (κ1) is 25.3. The molecular formula is C27H34N2O5. The number of nitrogens with one attached hydrogen (secondary N) is 1. The number of alkyl carbamates (subject to hydrolysis) is 1. The van der Waals surface area contributed by atoms with E-state index in [1.54, 1.807) is 4.90 Å². The predicted octanol–water partition coefficient (Wildman–Crippen LogP) is 4.80. The van der Waals surface area contributed by atoms with E-state index >= 15 is 0 Å². The number of carboxylic acids is 1. The Morgan fingerprint density at radius 1 is 0.971 bits per heavy atom. The van der Waals surface area contributed by atoms with E-state index in [9.17, 15) is 14.4 Å². The molecule has 0 aliphatic heterocycles. The molecule has 1 atom stereocenters. The smallest absolute Gasteiger partial charge is 0.407 e. The highest BCUT2D eigenvalue weighted by Crippen LogP contribution is 2.44. The van der Waals surface area contributed by atoms with Crippen LogP contribution in [0, 0.1) is 0 Å². The first-order valence-electron chi connectivity index (χ1n) is 11.9. The van der Waals surface area contributed by atoms with Crippen LogP contribution in [0.3, 0.4) is 0 Å². The number of amides is 2. The third-order valence-corrected chi connectivity index (χ3v) is 6.23. The van der Waals surface area contributed by atoms with Gasteiger partial charge < -0.3 is 20.1 Å². The summed E-state index contributed by atoms with van der Waals surface area (Å²) in [6.45, 7) is 6.33. The molecule has 7 nitrogen and oxygen atoms in total. The van der Waals surface area contributed by atoms with Gasteiger partial charge in [0.1, 0.15) is 6.61 Å². The number of carbonyl (C=O) groups is 3. The highest BCUT2D eigenvalue weighted by Gasteiger charge is 2.29. The van der Waals surface area contributed by atoms with Crippen LogP contribution in [0.25, 0.3) is 11.1 Å². The Balaban J connectivity index is 1.47. The number of carbonyl (C=O) groups excluding carboxylic acids is 2. The quantitative estimate of drug-likeness (QED) is 0.496. The molecule has 1 aliphatic carbocycles. The fourth-order valence-electron chi connectivity index (χ4n) is 4.47. The van der Waals surface area contributed by atoms with Crippen LogP contribution in [0.1, 0.15) is 63.5 Å². The normalized spacial score (nSPS) is 13.2. The molecule has 0 saturated heterocycles. The van der Waals surface area contributed by atoms with Crippen LogP contribution >= 0.6 is 0 Å². The van der Waals surface area contributed by atoms with Crippen LogP contribution in [-0.2, 0) is 14.3 Å². The first-order chi connectivity index (χ1) is 16.3. The molecule has 182 valence electrons. The number of fused-ring (bicyclic) bond motifs is 3. The molecule has 0 saturated carbocycles. The molecule has 3 rings (SSSR count). The first-order valence-corrected chi connectivity index (χ1v) is 11.9. The molecule has 0 radical (unpaired) electrons. The number of nitrogens with zero attached hydrogens (tertiary/aromatic N) is 1. The molecule has 0 fully saturated rings. The minimum absolute atomic E-state index is 0.000404. The third-order valence-electron chi connectivity index (χ3n) is 6.23. The minimum atomic E-state index is -0.864. The number of ether oxygens (including phenoxy) is 1. The van der Waals surface area contributed by atoms with E-state index in [1.165, 1.54) is 11.1 Å². The zero-order valence-corrected chi connectivity index (χ0v) is 20.1. The van der Waals surface area contributed by atoms with Gasteiger partial charge in [-0.3, -0.25) is 9.59 Å². The second kappa shape index (κ2) is 11.7. The summed E-state index contributed by atoms with van der Waals surface area (Å²) < 4.78 is 5.58. The number of rotatable bonds is 11. The molecule has 2 aromatic rings. The average Bonchev–Trinajstić information content (AvgIpc) is 3.12. The van der Waals surface area contributed by atoms with Crippen molar-refractivity contribution in [3.05, 3.63) is 59.7 Å². The van der Waals surface area contributed by atoms with E-state index in [0.29, 0.717) is 19.4 Å². The number of hydrogen-bond acceptors (Lipinski definition) is 4. The fraction of sp³-hybridized carbons (Fsp3) is 0.444. The maximum atomic E-state index is 12.6. The van der Waals surface area contributed by atoms with Gasteiger partial charge in [0.05, 0.1) is 0 Å². The van der Waals surface area contributed by atoms with E-state index in [1.807, 2.05) is 45.0 Å². The summed E-state index contributed by atoms with van der Waals surface area (Å²) in [6, 6.07) is 16.1. The SMILES string of the molecule is CC(CCC(=O)N(CCCC(=O)O)C(C)C)NC(=O)OCC1c2ccccc2-c2ccccc21. The number of benzene rings is 2. The Labute approximate surface area is 201 Å². The lowest BCUT2D eigenvalue weighted by Gasteiger charge is -2.27. The van der Waals surface area contributed by atoms with Crippen molar-refractivity contribution in [3.63, 3.8) is 0 Å². The fourth-order valence-corrected chi connectivity index (χ4v) is 4.47. The highest BCUT2D eigenvalue weighted by atomic mass is 16.5. The van der Waals surface area contributed by atoms with Gasteiger partial charge >= 0.3 is 12.1 Å². The summed E-state index contributed by atoms with van der Waals surface area (Å²) in [5.74, 6) is -0.904. The van der Waals surface area contributed by atoms with Gasteiger partial charge in [-0.2, -0.15) is 0 Å². The lowest BCUT2D eigenvalue weighted by Crippen LogP contribution is -2.39. The van der Waals surface area contributed by atoms with E-state index in [-0.39, 0.29) is 43.4 Å². The largest absolute Gasteiger partial charge is 0.481 e. The zero-order valence-electron chi connectivity index (χ0n) is 20.1. The molecule has 0 heterocycles. The van der Waals surface area contributed by atoms with Gasteiger partial charge in [-0.25, -0.2) is 4.79 Å². The molecule has 0 aromatic heterocycles. The third kappa shape index (κ3) is 6.37. The molecule has 2 aromatic carbocycles. The van der Waals surface area contributed by atoms with Gasteiger partial charge in [-0.1, -0.05) is 48.5 Å². The topological polar surface area (TPSA) is 95.9 Å². The van der Waals surface area contributed by atoms with Gasteiger partial charge in [0, 0.05) is 37.4 Å². The summed E-state index contributed by atoms with van der Waals surface area (Å²) in [6.07, 6.45) is 0.716. The molecule has 34 heavy (non-hydrogen) atoms. The summed E-state index contributed by atoms with van der Waals surface area (Å²) in [4.78, 5) is 37.5. The van der Waals surface area contributed by atoms with Gasteiger partial charge in [0.2, 0.25) is 5.91 Å². The van der Waals surface area contributed by atoms with Crippen molar-refractivity contribution in [2.24, 2.45) is 0 Å². The van der Waals surface area contributed by atoms with E-state index in [2.05, 4.69) is 29.6 Å². The molecule has 1 aliphatic rings. The zero-order chi connectivity index (χ0) is 24.7. The summed E-state index contributed by atoms with van der Waals surface area (Å²) in [5, 5.41) is 11.6. The van der Waals surface area contributed by atoms with Gasteiger partial charge in [0.25, 0.3) is 0 Å². The minimum Gasteiger partial charge on any atom is -0.481 e. The Kier molecular flexibility index (Phi) is 8.68. The average molecular weight is 467 g/mol. The van der Waals surface area contributed by atoms with Crippen LogP contribution in [0.4, 0.5) is 4.79 Å². The number of carboxylic acid groups (broad SMARTS) is 1. The van der Waals surface area contributed by atoms with Crippen LogP contribution in [0.2, 0.25) is 0 Å². The van der Waals surface area contributed by atoms with Crippen molar-refractivity contribution in [1.82, 2.24) is 10.2 Å². The standard InChI is InChI=1S/C27H34N2O5/c1-18(2)29(16-8-13-26(31)32)25(30)15-14-19(3)28-27(33)34-17-24-22-11-6-4-9-20(22)21-10-5-7-12-23(21)24/h4-7,9-12,18-19,24H,8,13-17H2,1-3H3,(H,28,33)(H,31,32). The lowest BCUT2D eigenvalue weighted by atomic mass is 9.98. The van der Waals surface area contributed by atoms with Crippen molar-refractivity contribution in [2.45, 2.75) is 64.5 Å². The van der Waals surface area contributed by atoms with Gasteiger partial charge in [-0.05, 0) is 55.9 Å². The highest BCUT2D eigenvalue weighted by molar-refractivity contribution is 5.79. The Morgan fingerprint density at radius 2 is 1.56 bits per heavy atom. The molecule has 0 bridgehead atoms. The summed E-state index contributed by atoms with van der Waals surface area (Å²) >= 11 is 0. The molecule has 0 spiro atoms. The van der Waals surface area contributed by atoms with Crippen LogP contribution in [-0.4, -0.2) is 53.2 Å². The second-order valence-electron chi connectivity index (χ2n) is 9.09. The molecular weight excluding hydrogens is 432 g/mol. The van der Waals surface area contributed by atoms with Gasteiger partial charge in [0.15, 0.2) is 0 Å². The molecule has 2 amide bonds. The van der Waals surface area contributed by atoms with Crippen molar-refractivity contribution in [1.29, 1.82) is 0 Å². The van der Waals surface area contributed by atoms with E-state index in [4.69, 9.17) is 9.84 Å². The maximum absolute atomic E-state index is 12.6. The van der Waals surface area contributed by atoms with Crippen LogP contribution < -0.4 is 5.32 Å².